The van der Waals surface area contributed by atoms with Crippen molar-refractivity contribution in [2.24, 2.45) is 0 Å². The van der Waals surface area contributed by atoms with Crippen molar-refractivity contribution < 1.29 is 9.47 Å². The summed E-state index contributed by atoms with van der Waals surface area (Å²) in [5, 5.41) is 3.44. The number of rotatable bonds is 9. The monoisotopic (exact) mass is 355 g/mol. The van der Waals surface area contributed by atoms with Crippen molar-refractivity contribution in [2.75, 3.05) is 19.8 Å². The summed E-state index contributed by atoms with van der Waals surface area (Å²) in [6.07, 6.45) is 8.68. The Morgan fingerprint density at radius 3 is 2.46 bits per heavy atom. The van der Waals surface area contributed by atoms with Crippen molar-refractivity contribution in [3.8, 4) is 5.75 Å². The molecule has 0 unspecified atom stereocenters. The number of hydrogen-bond acceptors (Lipinski definition) is 3. The Balaban J connectivity index is 0.00000105. The highest BCUT2D eigenvalue weighted by Gasteiger charge is 2.14. The van der Waals surface area contributed by atoms with Crippen LogP contribution in [0.1, 0.15) is 32.3 Å². The van der Waals surface area contributed by atoms with Crippen molar-refractivity contribution in [3.05, 3.63) is 79.1 Å². The van der Waals surface area contributed by atoms with Gasteiger partial charge in [-0.3, -0.25) is 0 Å². The Bertz CT molecular complexity index is 581. The van der Waals surface area contributed by atoms with E-state index in [0.717, 1.165) is 36.7 Å². The third-order valence-corrected chi connectivity index (χ3v) is 3.97. The van der Waals surface area contributed by atoms with Crippen LogP contribution in [0.4, 0.5) is 0 Å². The molecule has 1 aliphatic rings. The number of hydrogen-bond donors (Lipinski definition) is 1. The standard InChI is InChI=1S/C20H27NO2.C3H6/c1-4-16(3)14-22-19(5-2)13-17-8-10-20(11-9-17)23-15-18-7-6-12-21-18;1-3-2/h4-5,8-11,18,21H,1,3,6-7,12-15H2,2H3;3H,1H2,2H3/b19-5-;/t18-;/m1./s1. The van der Waals surface area contributed by atoms with Crippen molar-refractivity contribution >= 4 is 0 Å². The van der Waals surface area contributed by atoms with Crippen LogP contribution in [0.15, 0.2) is 73.6 Å². The molecular weight excluding hydrogens is 322 g/mol. The van der Waals surface area contributed by atoms with Gasteiger partial charge in [-0.1, -0.05) is 37.4 Å². The van der Waals surface area contributed by atoms with Gasteiger partial charge in [-0.25, -0.2) is 0 Å². The molecular formula is C23H33NO2. The van der Waals surface area contributed by atoms with Gasteiger partial charge < -0.3 is 14.8 Å². The van der Waals surface area contributed by atoms with Crippen molar-refractivity contribution in [3.63, 3.8) is 0 Å². The van der Waals surface area contributed by atoms with Crippen LogP contribution < -0.4 is 10.1 Å². The predicted octanol–water partition coefficient (Wildman–Crippen LogP) is 5.21. The summed E-state index contributed by atoms with van der Waals surface area (Å²) in [6, 6.07) is 8.73. The van der Waals surface area contributed by atoms with Crippen molar-refractivity contribution in [1.82, 2.24) is 5.32 Å². The molecule has 2 rings (SSSR count). The highest BCUT2D eigenvalue weighted by molar-refractivity contribution is 5.29. The SMILES string of the molecule is C=CC.C=CC(=C)CO/C(=C\C)Cc1ccc(OC[C@H]2CCCN2)cc1. The van der Waals surface area contributed by atoms with E-state index < -0.39 is 0 Å². The van der Waals surface area contributed by atoms with Gasteiger partial charge in [-0.05, 0) is 62.6 Å². The first-order valence-corrected chi connectivity index (χ1v) is 9.23. The first kappa shape index (κ1) is 21.8. The number of nitrogens with one attached hydrogen (secondary N) is 1. The third-order valence-electron chi connectivity index (χ3n) is 3.97. The summed E-state index contributed by atoms with van der Waals surface area (Å²) < 4.78 is 11.6. The summed E-state index contributed by atoms with van der Waals surface area (Å²) >= 11 is 0. The van der Waals surface area contributed by atoms with Crippen LogP contribution in [0.5, 0.6) is 5.75 Å². The van der Waals surface area contributed by atoms with Crippen LogP contribution >= 0.6 is 0 Å². The second-order valence-electron chi connectivity index (χ2n) is 6.24. The summed E-state index contributed by atoms with van der Waals surface area (Å²) in [5.74, 6) is 1.86. The zero-order chi connectivity index (χ0) is 19.2. The van der Waals surface area contributed by atoms with Crippen LogP contribution in [0.3, 0.4) is 0 Å². The van der Waals surface area contributed by atoms with E-state index in [-0.39, 0.29) is 0 Å². The molecule has 1 saturated heterocycles. The molecule has 0 aliphatic carbocycles. The molecule has 0 radical (unpaired) electrons. The summed E-state index contributed by atoms with van der Waals surface area (Å²) in [4.78, 5) is 0. The smallest absolute Gasteiger partial charge is 0.119 e. The minimum absolute atomic E-state index is 0.485. The molecule has 0 spiro atoms. The largest absolute Gasteiger partial charge is 0.493 e. The average Bonchev–Trinajstić information content (AvgIpc) is 3.18. The van der Waals surface area contributed by atoms with E-state index in [4.69, 9.17) is 9.47 Å². The van der Waals surface area contributed by atoms with Crippen molar-refractivity contribution in [2.45, 2.75) is 39.2 Å². The molecule has 1 heterocycles. The Kier molecular flexibility index (Phi) is 10.9. The Hall–Kier alpha value is -2.26. The van der Waals surface area contributed by atoms with Gasteiger partial charge in [0.05, 0.1) is 5.76 Å². The quantitative estimate of drug-likeness (QED) is 0.374. The molecule has 142 valence electrons. The highest BCUT2D eigenvalue weighted by atomic mass is 16.5. The van der Waals surface area contributed by atoms with E-state index >= 15 is 0 Å². The lowest BCUT2D eigenvalue weighted by molar-refractivity contribution is 0.235. The second-order valence-corrected chi connectivity index (χ2v) is 6.24. The lowest BCUT2D eigenvalue weighted by Gasteiger charge is -2.13. The molecule has 0 saturated carbocycles. The number of ether oxygens (including phenoxy) is 2. The normalized spacial score (nSPS) is 16.2. The molecule has 1 aromatic rings. The van der Waals surface area contributed by atoms with E-state index in [1.54, 1.807) is 12.2 Å². The van der Waals surface area contributed by atoms with Gasteiger partial charge in [-0.2, -0.15) is 0 Å². The van der Waals surface area contributed by atoms with Crippen LogP contribution in [0, 0.1) is 0 Å². The molecule has 3 heteroatoms. The van der Waals surface area contributed by atoms with E-state index in [0.29, 0.717) is 12.6 Å². The van der Waals surface area contributed by atoms with Gasteiger partial charge in [0.25, 0.3) is 0 Å². The van der Waals surface area contributed by atoms with Gasteiger partial charge in [0.1, 0.15) is 19.0 Å². The molecule has 26 heavy (non-hydrogen) atoms. The maximum absolute atomic E-state index is 5.84. The molecule has 1 aromatic carbocycles. The fourth-order valence-electron chi connectivity index (χ4n) is 2.48. The molecule has 0 amide bonds. The van der Waals surface area contributed by atoms with Crippen molar-refractivity contribution in [1.29, 1.82) is 0 Å². The maximum Gasteiger partial charge on any atom is 0.119 e. The molecule has 1 atom stereocenters. The summed E-state index contributed by atoms with van der Waals surface area (Å²) in [6.45, 7) is 17.1. The molecule has 0 bridgehead atoms. The molecule has 1 aliphatic heterocycles. The van der Waals surface area contributed by atoms with E-state index in [1.165, 1.54) is 18.4 Å². The van der Waals surface area contributed by atoms with Crippen LogP contribution in [-0.2, 0) is 11.2 Å². The zero-order valence-corrected chi connectivity index (χ0v) is 16.3. The minimum Gasteiger partial charge on any atom is -0.493 e. The predicted molar refractivity (Wildman–Crippen MR) is 112 cm³/mol. The molecule has 1 N–H and O–H groups in total. The van der Waals surface area contributed by atoms with Gasteiger partial charge in [0, 0.05) is 12.5 Å². The van der Waals surface area contributed by atoms with Gasteiger partial charge in [-0.15, -0.1) is 6.58 Å². The van der Waals surface area contributed by atoms with Gasteiger partial charge in [0.2, 0.25) is 0 Å². The average molecular weight is 356 g/mol. The highest BCUT2D eigenvalue weighted by Crippen LogP contribution is 2.17. The zero-order valence-electron chi connectivity index (χ0n) is 16.3. The van der Waals surface area contributed by atoms with E-state index in [9.17, 15) is 0 Å². The third kappa shape index (κ3) is 8.72. The van der Waals surface area contributed by atoms with E-state index in [2.05, 4.69) is 37.2 Å². The Morgan fingerprint density at radius 2 is 1.92 bits per heavy atom. The van der Waals surface area contributed by atoms with E-state index in [1.807, 2.05) is 32.1 Å². The van der Waals surface area contributed by atoms with Crippen LogP contribution in [-0.4, -0.2) is 25.8 Å². The first-order chi connectivity index (χ1) is 12.6. The van der Waals surface area contributed by atoms with Gasteiger partial charge >= 0.3 is 0 Å². The fraction of sp³-hybridized carbons (Fsp3) is 0.391. The van der Waals surface area contributed by atoms with Gasteiger partial charge in [0.15, 0.2) is 0 Å². The maximum atomic E-state index is 5.84. The first-order valence-electron chi connectivity index (χ1n) is 9.23. The molecule has 0 aromatic heterocycles. The summed E-state index contributed by atoms with van der Waals surface area (Å²) in [5.41, 5.74) is 2.09. The van der Waals surface area contributed by atoms with Crippen LogP contribution in [0.25, 0.3) is 0 Å². The second kappa shape index (κ2) is 13.0. The van der Waals surface area contributed by atoms with Crippen LogP contribution in [0.2, 0.25) is 0 Å². The number of allylic oxidation sites excluding steroid dienone is 3. The Morgan fingerprint density at radius 1 is 1.23 bits per heavy atom. The molecule has 1 fully saturated rings. The lowest BCUT2D eigenvalue weighted by atomic mass is 10.1. The Labute approximate surface area is 159 Å². The summed E-state index contributed by atoms with van der Waals surface area (Å²) in [7, 11) is 0. The topological polar surface area (TPSA) is 30.5 Å². The minimum atomic E-state index is 0.485. The lowest BCUT2D eigenvalue weighted by Crippen LogP contribution is -2.28. The number of benzene rings is 1. The fourth-order valence-corrected chi connectivity index (χ4v) is 2.48. The molecule has 3 nitrogen and oxygen atoms in total.